The highest BCUT2D eigenvalue weighted by Crippen LogP contribution is 2.31. The van der Waals surface area contributed by atoms with E-state index < -0.39 is 11.9 Å². The van der Waals surface area contributed by atoms with Crippen LogP contribution >= 0.6 is 23.2 Å². The molecule has 0 unspecified atom stereocenters. The molecule has 1 atom stereocenters. The van der Waals surface area contributed by atoms with Crippen LogP contribution in [-0.4, -0.2) is 23.3 Å². The number of phenolic OH excluding ortho intramolecular Hbond substituents is 1. The predicted molar refractivity (Wildman–Crippen MR) is 94.5 cm³/mol. The maximum Gasteiger partial charge on any atom is 0.255 e. The second kappa shape index (κ2) is 8.71. The van der Waals surface area contributed by atoms with E-state index >= 15 is 0 Å². The Hall–Kier alpha value is -2.04. The fraction of sp³-hybridized carbons (Fsp3) is 0.222. The Bertz CT molecular complexity index is 720. The molecule has 4 nitrogen and oxygen atoms in total. The topological polar surface area (TPSA) is 66.4 Å². The number of benzene rings is 2. The van der Waals surface area contributed by atoms with Gasteiger partial charge in [0.25, 0.3) is 5.91 Å². The number of nitrogens with one attached hydrogen (secondary N) is 1. The van der Waals surface area contributed by atoms with Gasteiger partial charge < -0.3 is 10.4 Å². The van der Waals surface area contributed by atoms with E-state index in [1.165, 1.54) is 12.1 Å². The molecule has 2 N–H and O–H groups in total. The lowest BCUT2D eigenvalue weighted by molar-refractivity contribution is 0.0942. The molecular formula is C18H16Cl2NO3. The van der Waals surface area contributed by atoms with Crippen molar-refractivity contribution in [2.75, 3.05) is 0 Å². The molecule has 0 aliphatic carbocycles. The minimum absolute atomic E-state index is 0.0247. The van der Waals surface area contributed by atoms with Crippen molar-refractivity contribution in [3.05, 3.63) is 63.6 Å². The van der Waals surface area contributed by atoms with Crippen molar-refractivity contribution in [2.24, 2.45) is 0 Å². The fourth-order valence-corrected chi connectivity index (χ4v) is 2.78. The van der Waals surface area contributed by atoms with Gasteiger partial charge in [0.2, 0.25) is 6.29 Å². The second-order valence-electron chi connectivity index (χ2n) is 5.31. The second-order valence-corrected chi connectivity index (χ2v) is 6.15. The van der Waals surface area contributed by atoms with Crippen LogP contribution in [0.5, 0.6) is 5.75 Å². The Morgan fingerprint density at radius 3 is 2.58 bits per heavy atom. The Morgan fingerprint density at radius 1 is 1.21 bits per heavy atom. The fourth-order valence-electron chi connectivity index (χ4n) is 2.29. The molecule has 1 radical (unpaired) electrons. The lowest BCUT2D eigenvalue weighted by atomic mass is 10.0. The first kappa shape index (κ1) is 18.3. The van der Waals surface area contributed by atoms with Gasteiger partial charge >= 0.3 is 0 Å². The summed E-state index contributed by atoms with van der Waals surface area (Å²) in [4.78, 5) is 23.3. The summed E-state index contributed by atoms with van der Waals surface area (Å²) in [6.07, 6.45) is 3.76. The standard InChI is InChI=1S/C18H16Cl2NO3/c19-13-9-15(17(23)16(20)10-13)18(24)21-14(11-22)8-4-7-12-5-2-1-3-6-12/h1-3,5-6,9-10,14,23H,4,7-8H2,(H,21,24)/t14-/m1/s1. The summed E-state index contributed by atoms with van der Waals surface area (Å²) in [6, 6.07) is 11.7. The molecule has 24 heavy (non-hydrogen) atoms. The monoisotopic (exact) mass is 364 g/mol. The maximum absolute atomic E-state index is 12.2. The molecule has 0 fully saturated rings. The van der Waals surface area contributed by atoms with Crippen LogP contribution in [0, 0.1) is 0 Å². The minimum atomic E-state index is -0.765. The third-order valence-electron chi connectivity index (χ3n) is 3.52. The molecule has 0 aromatic heterocycles. The van der Waals surface area contributed by atoms with E-state index in [2.05, 4.69) is 5.32 Å². The van der Waals surface area contributed by atoms with Gasteiger partial charge in [0.1, 0.15) is 5.75 Å². The third kappa shape index (κ3) is 4.98. The van der Waals surface area contributed by atoms with Gasteiger partial charge in [0.05, 0.1) is 16.6 Å². The molecule has 2 rings (SSSR count). The summed E-state index contributed by atoms with van der Waals surface area (Å²) in [7, 11) is 0. The summed E-state index contributed by atoms with van der Waals surface area (Å²) in [5, 5.41) is 12.6. The van der Waals surface area contributed by atoms with Gasteiger partial charge in [0, 0.05) is 5.02 Å². The number of hydrogen-bond donors (Lipinski definition) is 2. The number of phenols is 1. The van der Waals surface area contributed by atoms with Crippen LogP contribution in [-0.2, 0) is 11.2 Å². The molecule has 0 heterocycles. The number of carbonyl (C=O) groups is 1. The van der Waals surface area contributed by atoms with Gasteiger partial charge in [-0.05, 0) is 37.0 Å². The first-order valence-electron chi connectivity index (χ1n) is 7.41. The normalized spacial score (nSPS) is 11.8. The SMILES string of the molecule is O=[C][C@@H](CCCc1ccccc1)NC(=O)c1cc(Cl)cc(Cl)c1O. The average molecular weight is 365 g/mol. The van der Waals surface area contributed by atoms with Crippen molar-refractivity contribution in [2.45, 2.75) is 25.3 Å². The van der Waals surface area contributed by atoms with Crippen molar-refractivity contribution in [3.63, 3.8) is 0 Å². The van der Waals surface area contributed by atoms with E-state index in [-0.39, 0.29) is 21.4 Å². The number of carbonyl (C=O) groups excluding carboxylic acids is 2. The largest absolute Gasteiger partial charge is 0.506 e. The molecule has 0 saturated heterocycles. The molecule has 0 aliphatic heterocycles. The molecule has 1 amide bonds. The Balaban J connectivity index is 1.95. The summed E-state index contributed by atoms with van der Waals surface area (Å²) in [5.41, 5.74) is 1.09. The van der Waals surface area contributed by atoms with Gasteiger partial charge in [-0.15, -0.1) is 0 Å². The third-order valence-corrected chi connectivity index (χ3v) is 4.03. The zero-order valence-electron chi connectivity index (χ0n) is 12.8. The van der Waals surface area contributed by atoms with E-state index in [4.69, 9.17) is 23.2 Å². The summed E-state index contributed by atoms with van der Waals surface area (Å²) in [6.45, 7) is 0. The summed E-state index contributed by atoms with van der Waals surface area (Å²) >= 11 is 11.6. The highest BCUT2D eigenvalue weighted by atomic mass is 35.5. The van der Waals surface area contributed by atoms with Gasteiger partial charge in [-0.2, -0.15) is 0 Å². The quantitative estimate of drug-likeness (QED) is 0.781. The van der Waals surface area contributed by atoms with Crippen LogP contribution in [0.4, 0.5) is 0 Å². The Kier molecular flexibility index (Phi) is 6.64. The predicted octanol–water partition coefficient (Wildman–Crippen LogP) is 3.93. The molecule has 6 heteroatoms. The van der Waals surface area contributed by atoms with Crippen LogP contribution in [0.15, 0.2) is 42.5 Å². The first-order chi connectivity index (χ1) is 11.5. The lowest BCUT2D eigenvalue weighted by Gasteiger charge is -2.13. The van der Waals surface area contributed by atoms with Crippen molar-refractivity contribution in [3.8, 4) is 5.75 Å². The molecule has 2 aromatic rings. The van der Waals surface area contributed by atoms with Crippen molar-refractivity contribution in [1.82, 2.24) is 5.32 Å². The zero-order valence-corrected chi connectivity index (χ0v) is 14.3. The molecule has 125 valence electrons. The Morgan fingerprint density at radius 2 is 1.92 bits per heavy atom. The highest BCUT2D eigenvalue weighted by Gasteiger charge is 2.19. The van der Waals surface area contributed by atoms with E-state index in [0.717, 1.165) is 12.0 Å². The highest BCUT2D eigenvalue weighted by molar-refractivity contribution is 6.36. The van der Waals surface area contributed by atoms with Crippen molar-refractivity contribution in [1.29, 1.82) is 0 Å². The Labute approximate surface area is 150 Å². The lowest BCUT2D eigenvalue weighted by Crippen LogP contribution is -2.36. The van der Waals surface area contributed by atoms with Gasteiger partial charge in [0.15, 0.2) is 0 Å². The van der Waals surface area contributed by atoms with Crippen LogP contribution < -0.4 is 5.32 Å². The van der Waals surface area contributed by atoms with Crippen molar-refractivity contribution < 1.29 is 14.7 Å². The molecule has 2 aromatic carbocycles. The van der Waals surface area contributed by atoms with Crippen LogP contribution in [0.25, 0.3) is 0 Å². The summed E-state index contributed by atoms with van der Waals surface area (Å²) in [5.74, 6) is -0.988. The van der Waals surface area contributed by atoms with E-state index in [1.54, 1.807) is 0 Å². The number of rotatable bonds is 7. The molecule has 0 saturated carbocycles. The van der Waals surface area contributed by atoms with Crippen LogP contribution in [0.3, 0.4) is 0 Å². The summed E-state index contributed by atoms with van der Waals surface area (Å²) < 4.78 is 0. The number of aryl methyl sites for hydroxylation is 1. The average Bonchev–Trinajstić information content (AvgIpc) is 2.58. The zero-order chi connectivity index (χ0) is 17.5. The van der Waals surface area contributed by atoms with Crippen LogP contribution in [0.1, 0.15) is 28.8 Å². The molecule has 0 bridgehead atoms. The van der Waals surface area contributed by atoms with Gasteiger partial charge in [-0.25, -0.2) is 0 Å². The smallest absolute Gasteiger partial charge is 0.255 e. The number of aromatic hydroxyl groups is 1. The number of hydrogen-bond acceptors (Lipinski definition) is 3. The maximum atomic E-state index is 12.2. The first-order valence-corrected chi connectivity index (χ1v) is 8.17. The van der Waals surface area contributed by atoms with Crippen molar-refractivity contribution >= 4 is 35.4 Å². The molecular weight excluding hydrogens is 349 g/mol. The van der Waals surface area contributed by atoms with E-state index in [1.807, 2.05) is 36.6 Å². The number of halogens is 2. The van der Waals surface area contributed by atoms with E-state index in [9.17, 15) is 14.7 Å². The van der Waals surface area contributed by atoms with E-state index in [0.29, 0.717) is 12.8 Å². The van der Waals surface area contributed by atoms with Gasteiger partial charge in [-0.3, -0.25) is 9.59 Å². The molecule has 0 spiro atoms. The van der Waals surface area contributed by atoms with Crippen LogP contribution in [0.2, 0.25) is 10.0 Å². The number of amides is 1. The minimum Gasteiger partial charge on any atom is -0.506 e. The molecule has 0 aliphatic rings. The van der Waals surface area contributed by atoms with Gasteiger partial charge in [-0.1, -0.05) is 53.5 Å².